The van der Waals surface area contributed by atoms with Gasteiger partial charge < -0.3 is 19.3 Å². The Morgan fingerprint density at radius 2 is 1.74 bits per heavy atom. The second kappa shape index (κ2) is 11.6. The van der Waals surface area contributed by atoms with Crippen molar-refractivity contribution in [2.24, 2.45) is 0 Å². The Morgan fingerprint density at radius 1 is 1.00 bits per heavy atom. The summed E-state index contributed by atoms with van der Waals surface area (Å²) in [4.78, 5) is 2.49. The van der Waals surface area contributed by atoms with Crippen LogP contribution >= 0.6 is 0 Å². The number of phenolic OH excluding ortho intramolecular Hbond substituents is 1. The number of rotatable bonds is 10. The van der Waals surface area contributed by atoms with E-state index in [1.54, 1.807) is 6.07 Å². The van der Waals surface area contributed by atoms with Gasteiger partial charge in [-0.1, -0.05) is 38.2 Å². The molecule has 1 N–H and O–H groups in total. The first-order chi connectivity index (χ1) is 16.8. The Labute approximate surface area is 211 Å². The van der Waals surface area contributed by atoms with Crippen LogP contribution in [0.25, 0.3) is 5.57 Å². The minimum absolute atomic E-state index is 0.215. The van der Waals surface area contributed by atoms with Gasteiger partial charge in [-0.05, 0) is 80.4 Å². The fourth-order valence-electron chi connectivity index (χ4n) is 4.63. The topological polar surface area (TPSA) is 51.2 Å². The quantitative estimate of drug-likeness (QED) is 0.295. The molecule has 2 aromatic carbocycles. The van der Waals surface area contributed by atoms with Crippen molar-refractivity contribution in [3.63, 3.8) is 0 Å². The van der Waals surface area contributed by atoms with Gasteiger partial charge in [0.25, 0.3) is 0 Å². The minimum atomic E-state index is -1.17. The average molecular weight is 496 g/mol. The highest BCUT2D eigenvalue weighted by atomic mass is 28.3. The highest BCUT2D eigenvalue weighted by molar-refractivity contribution is 6.76. The number of aromatic hydroxyl groups is 1. The summed E-state index contributed by atoms with van der Waals surface area (Å²) < 4.78 is 18.4. The van der Waals surface area contributed by atoms with E-state index in [9.17, 15) is 5.11 Å². The maximum Gasteiger partial charge on any atom is 0.143 e. The first kappa shape index (κ1) is 25.8. The summed E-state index contributed by atoms with van der Waals surface area (Å²) >= 11 is 0. The van der Waals surface area contributed by atoms with E-state index < -0.39 is 8.07 Å². The highest BCUT2D eigenvalue weighted by Crippen LogP contribution is 2.43. The number of phenols is 1. The molecule has 0 radical (unpaired) electrons. The second-order valence-corrected chi connectivity index (χ2v) is 16.6. The molecule has 4 rings (SSSR count). The van der Waals surface area contributed by atoms with Crippen LogP contribution in [0.15, 0.2) is 42.5 Å². The van der Waals surface area contributed by atoms with Gasteiger partial charge in [0.15, 0.2) is 0 Å². The summed E-state index contributed by atoms with van der Waals surface area (Å²) in [5, 5.41) is 10.6. The van der Waals surface area contributed by atoms with E-state index in [0.29, 0.717) is 19.8 Å². The predicted molar refractivity (Wildman–Crippen MR) is 145 cm³/mol. The molecular weight excluding hydrogens is 454 g/mol. The Balaban J connectivity index is 1.39. The molecule has 6 heteroatoms. The molecule has 0 saturated carbocycles. The van der Waals surface area contributed by atoms with Gasteiger partial charge in [-0.2, -0.15) is 0 Å². The van der Waals surface area contributed by atoms with Crippen LogP contribution in [0.5, 0.6) is 17.2 Å². The minimum Gasteiger partial charge on any atom is -0.507 e. The molecule has 2 heterocycles. The Kier molecular flexibility index (Phi) is 8.58. The zero-order valence-corrected chi connectivity index (χ0v) is 22.8. The van der Waals surface area contributed by atoms with Gasteiger partial charge in [-0.15, -0.1) is 0 Å². The van der Waals surface area contributed by atoms with Crippen LogP contribution in [0.3, 0.4) is 0 Å². The van der Waals surface area contributed by atoms with Crippen LogP contribution < -0.4 is 9.47 Å². The SMILES string of the molecule is CC1=CC(c2ccc(OCCN3CCCCC3)cc2)Oc2c1ccc(O)c2COCC[Si](C)(C)C. The zero-order chi connectivity index (χ0) is 24.8. The van der Waals surface area contributed by atoms with E-state index in [1.165, 1.54) is 32.4 Å². The molecule has 2 aromatic rings. The molecule has 0 spiro atoms. The van der Waals surface area contributed by atoms with Crippen LogP contribution in [0.2, 0.25) is 25.7 Å². The lowest BCUT2D eigenvalue weighted by Crippen LogP contribution is -2.33. The van der Waals surface area contributed by atoms with Crippen molar-refractivity contribution >= 4 is 13.6 Å². The van der Waals surface area contributed by atoms with E-state index in [4.69, 9.17) is 14.2 Å². The summed E-state index contributed by atoms with van der Waals surface area (Å²) in [5.41, 5.74) is 3.95. The van der Waals surface area contributed by atoms with Crippen molar-refractivity contribution < 1.29 is 19.3 Å². The molecule has 1 saturated heterocycles. The molecule has 190 valence electrons. The van der Waals surface area contributed by atoms with Crippen LogP contribution in [0.4, 0.5) is 0 Å². The fraction of sp³-hybridized carbons (Fsp3) is 0.517. The summed E-state index contributed by atoms with van der Waals surface area (Å²) in [5.74, 6) is 1.84. The largest absolute Gasteiger partial charge is 0.507 e. The Hall–Kier alpha value is -2.28. The molecule has 5 nitrogen and oxygen atoms in total. The maximum atomic E-state index is 10.6. The van der Waals surface area contributed by atoms with Crippen molar-refractivity contribution in [2.45, 2.75) is 64.6 Å². The van der Waals surface area contributed by atoms with Crippen LogP contribution in [0, 0.1) is 0 Å². The first-order valence-electron chi connectivity index (χ1n) is 13.0. The number of likely N-dealkylation sites (tertiary alicyclic amines) is 1. The van der Waals surface area contributed by atoms with Gasteiger partial charge in [-0.3, -0.25) is 4.90 Å². The molecule has 0 bridgehead atoms. The van der Waals surface area contributed by atoms with Crippen molar-refractivity contribution in [1.29, 1.82) is 0 Å². The summed E-state index contributed by atoms with van der Waals surface area (Å²) in [7, 11) is -1.17. The van der Waals surface area contributed by atoms with E-state index in [2.05, 4.69) is 49.7 Å². The summed E-state index contributed by atoms with van der Waals surface area (Å²) in [6.45, 7) is 14.2. The second-order valence-electron chi connectivity index (χ2n) is 11.0. The fourth-order valence-corrected chi connectivity index (χ4v) is 5.38. The molecule has 2 aliphatic rings. The van der Waals surface area contributed by atoms with E-state index in [0.717, 1.165) is 46.4 Å². The third-order valence-corrected chi connectivity index (χ3v) is 8.59. The number of nitrogens with zero attached hydrogens (tertiary/aromatic N) is 1. The van der Waals surface area contributed by atoms with Crippen LogP contribution in [-0.2, 0) is 11.3 Å². The zero-order valence-electron chi connectivity index (χ0n) is 21.8. The van der Waals surface area contributed by atoms with E-state index in [1.807, 2.05) is 18.2 Å². The number of hydrogen-bond acceptors (Lipinski definition) is 5. The van der Waals surface area contributed by atoms with Gasteiger partial charge in [0, 0.05) is 26.8 Å². The Bertz CT molecular complexity index is 1010. The third kappa shape index (κ3) is 7.12. The maximum absolute atomic E-state index is 10.6. The molecule has 0 aliphatic carbocycles. The highest BCUT2D eigenvalue weighted by Gasteiger charge is 2.25. The van der Waals surface area contributed by atoms with Gasteiger partial charge in [0.05, 0.1) is 12.2 Å². The van der Waals surface area contributed by atoms with E-state index >= 15 is 0 Å². The number of piperidine rings is 1. The van der Waals surface area contributed by atoms with Crippen molar-refractivity contribution in [3.8, 4) is 17.2 Å². The lowest BCUT2D eigenvalue weighted by molar-refractivity contribution is 0.126. The van der Waals surface area contributed by atoms with Crippen LogP contribution in [-0.4, -0.2) is 50.9 Å². The first-order valence-corrected chi connectivity index (χ1v) is 16.7. The third-order valence-electron chi connectivity index (χ3n) is 6.88. The molecule has 0 aromatic heterocycles. The number of ether oxygens (including phenoxy) is 3. The number of allylic oxidation sites excluding steroid dienone is 1. The van der Waals surface area contributed by atoms with Crippen molar-refractivity contribution in [2.75, 3.05) is 32.8 Å². The molecule has 2 aliphatic heterocycles. The lowest BCUT2D eigenvalue weighted by atomic mass is 9.95. The lowest BCUT2D eigenvalue weighted by Gasteiger charge is -2.27. The molecule has 1 fully saturated rings. The molecular formula is C29H41NO4Si. The predicted octanol–water partition coefficient (Wildman–Crippen LogP) is 6.65. The average Bonchev–Trinajstić information content (AvgIpc) is 2.83. The van der Waals surface area contributed by atoms with Gasteiger partial charge >= 0.3 is 0 Å². The van der Waals surface area contributed by atoms with Crippen molar-refractivity contribution in [1.82, 2.24) is 4.90 Å². The smallest absolute Gasteiger partial charge is 0.143 e. The molecule has 35 heavy (non-hydrogen) atoms. The standard InChI is InChI=1S/C29H41NO4Si/c1-22-20-28(23-8-10-24(11-9-23)33-17-16-30-14-6-5-7-15-30)34-29-25(22)12-13-27(31)26(29)21-32-18-19-35(2,3)4/h8-13,20,28,31H,5-7,14-19,21H2,1-4H3. The number of fused-ring (bicyclic) bond motifs is 1. The molecule has 1 unspecified atom stereocenters. The monoisotopic (exact) mass is 495 g/mol. The number of benzene rings is 2. The summed E-state index contributed by atoms with van der Waals surface area (Å²) in [6, 6.07) is 13.0. The van der Waals surface area contributed by atoms with Gasteiger partial charge in [-0.25, -0.2) is 0 Å². The van der Waals surface area contributed by atoms with Crippen molar-refractivity contribution in [3.05, 3.63) is 59.2 Å². The molecule has 0 amide bonds. The van der Waals surface area contributed by atoms with E-state index in [-0.39, 0.29) is 11.9 Å². The van der Waals surface area contributed by atoms with Gasteiger partial charge in [0.1, 0.15) is 30.0 Å². The van der Waals surface area contributed by atoms with Crippen LogP contribution in [0.1, 0.15) is 49.0 Å². The molecule has 1 atom stereocenters. The Morgan fingerprint density at radius 3 is 2.46 bits per heavy atom. The number of hydrogen-bond donors (Lipinski definition) is 1. The normalized spacial score (nSPS) is 18.5. The van der Waals surface area contributed by atoms with Gasteiger partial charge in [0.2, 0.25) is 0 Å². The summed E-state index contributed by atoms with van der Waals surface area (Å²) in [6.07, 6.45) is 5.88.